The molecule has 8 nitrogen and oxygen atoms in total. The van der Waals surface area contributed by atoms with E-state index in [0.29, 0.717) is 53.5 Å². The van der Waals surface area contributed by atoms with Crippen molar-refractivity contribution in [2.45, 2.75) is 20.0 Å². The molecule has 4 rings (SSSR count). The van der Waals surface area contributed by atoms with Crippen LogP contribution in [0.4, 0.5) is 0 Å². The second kappa shape index (κ2) is 8.76. The van der Waals surface area contributed by atoms with Crippen molar-refractivity contribution >= 4 is 33.4 Å². The van der Waals surface area contributed by atoms with E-state index in [4.69, 9.17) is 4.74 Å². The average molecular weight is 426 g/mol. The van der Waals surface area contributed by atoms with Crippen molar-refractivity contribution in [2.24, 2.45) is 0 Å². The molecule has 0 bridgehead atoms. The van der Waals surface area contributed by atoms with Gasteiger partial charge in [0.25, 0.3) is 11.5 Å². The lowest BCUT2D eigenvalue weighted by molar-refractivity contribution is -0.135. The Kier molecular flexibility index (Phi) is 5.91. The molecule has 0 radical (unpaired) electrons. The number of thiophene rings is 1. The highest BCUT2D eigenvalue weighted by Gasteiger charge is 2.22. The minimum atomic E-state index is -0.308. The highest BCUT2D eigenvalue weighted by atomic mass is 32.1. The number of nitrogens with one attached hydrogen (secondary N) is 1. The van der Waals surface area contributed by atoms with Crippen LogP contribution in [0.15, 0.2) is 41.5 Å². The van der Waals surface area contributed by atoms with Gasteiger partial charge in [-0.1, -0.05) is 30.3 Å². The Morgan fingerprint density at radius 1 is 1.20 bits per heavy atom. The van der Waals surface area contributed by atoms with Crippen LogP contribution >= 0.6 is 11.3 Å². The van der Waals surface area contributed by atoms with E-state index in [1.54, 1.807) is 11.8 Å². The third kappa shape index (κ3) is 4.12. The van der Waals surface area contributed by atoms with Gasteiger partial charge in [-0.2, -0.15) is 0 Å². The molecule has 30 heavy (non-hydrogen) atoms. The molecule has 1 aromatic carbocycles. The van der Waals surface area contributed by atoms with Gasteiger partial charge >= 0.3 is 0 Å². The molecule has 1 aliphatic heterocycles. The van der Waals surface area contributed by atoms with Crippen LogP contribution < -0.4 is 10.9 Å². The number of carbonyl (C=O) groups excluding carboxylic acids is 2. The van der Waals surface area contributed by atoms with E-state index in [2.05, 4.69) is 10.3 Å². The first-order valence-corrected chi connectivity index (χ1v) is 10.5. The van der Waals surface area contributed by atoms with Crippen LogP contribution in [0.5, 0.6) is 0 Å². The minimum Gasteiger partial charge on any atom is -0.378 e. The summed E-state index contributed by atoms with van der Waals surface area (Å²) >= 11 is 1.19. The Labute approximate surface area is 177 Å². The van der Waals surface area contributed by atoms with Gasteiger partial charge in [-0.05, 0) is 18.1 Å². The maximum absolute atomic E-state index is 13.0. The molecule has 1 fully saturated rings. The molecule has 0 unspecified atom stereocenters. The number of morpholine rings is 1. The standard InChI is InChI=1S/C21H22N4O4S/c1-14-17-20(30-18(14)19(27)22-11-15-5-3-2-4-6-15)23-13-25(21(17)28)12-16(26)24-7-9-29-10-8-24/h2-6,13H,7-12H2,1H3,(H,22,27). The van der Waals surface area contributed by atoms with Gasteiger partial charge in [-0.25, -0.2) is 4.98 Å². The monoisotopic (exact) mass is 426 g/mol. The molecule has 3 heterocycles. The van der Waals surface area contributed by atoms with E-state index in [0.717, 1.165) is 5.56 Å². The van der Waals surface area contributed by atoms with Crippen molar-refractivity contribution in [3.05, 3.63) is 63.0 Å². The number of ether oxygens (including phenoxy) is 1. The van der Waals surface area contributed by atoms with Crippen molar-refractivity contribution in [3.8, 4) is 0 Å². The van der Waals surface area contributed by atoms with Gasteiger partial charge in [0, 0.05) is 19.6 Å². The Morgan fingerprint density at radius 2 is 1.93 bits per heavy atom. The molecule has 0 aliphatic carbocycles. The van der Waals surface area contributed by atoms with Crippen LogP contribution in [0.1, 0.15) is 20.8 Å². The number of aromatic nitrogens is 2. The maximum Gasteiger partial charge on any atom is 0.262 e. The third-order valence-corrected chi connectivity index (χ3v) is 6.29. The smallest absolute Gasteiger partial charge is 0.262 e. The number of hydrogen-bond acceptors (Lipinski definition) is 6. The molecule has 1 saturated heterocycles. The molecule has 0 saturated carbocycles. The number of rotatable bonds is 5. The SMILES string of the molecule is Cc1c(C(=O)NCc2ccccc2)sc2ncn(CC(=O)N3CCOCC3)c(=O)c12. The summed E-state index contributed by atoms with van der Waals surface area (Å²) in [6.45, 7) is 4.12. The molecular weight excluding hydrogens is 404 g/mol. The van der Waals surface area contributed by atoms with Gasteiger partial charge in [0.15, 0.2) is 0 Å². The van der Waals surface area contributed by atoms with Crippen molar-refractivity contribution in [3.63, 3.8) is 0 Å². The Morgan fingerprint density at radius 3 is 2.67 bits per heavy atom. The Bertz CT molecular complexity index is 1130. The van der Waals surface area contributed by atoms with E-state index in [9.17, 15) is 14.4 Å². The van der Waals surface area contributed by atoms with Crippen molar-refractivity contribution < 1.29 is 14.3 Å². The number of aryl methyl sites for hydroxylation is 1. The van der Waals surface area contributed by atoms with Crippen LogP contribution in [-0.2, 0) is 22.6 Å². The molecule has 0 atom stereocenters. The fourth-order valence-electron chi connectivity index (χ4n) is 3.41. The van der Waals surface area contributed by atoms with Gasteiger partial charge < -0.3 is 15.0 Å². The third-order valence-electron chi connectivity index (χ3n) is 5.09. The summed E-state index contributed by atoms with van der Waals surface area (Å²) in [7, 11) is 0. The van der Waals surface area contributed by atoms with Crippen molar-refractivity contribution in [2.75, 3.05) is 26.3 Å². The zero-order valence-electron chi connectivity index (χ0n) is 16.6. The van der Waals surface area contributed by atoms with Gasteiger partial charge in [-0.15, -0.1) is 11.3 Å². The summed E-state index contributed by atoms with van der Waals surface area (Å²) in [5, 5.41) is 3.28. The summed E-state index contributed by atoms with van der Waals surface area (Å²) in [6, 6.07) is 9.61. The zero-order chi connectivity index (χ0) is 21.1. The van der Waals surface area contributed by atoms with E-state index in [-0.39, 0.29) is 23.9 Å². The van der Waals surface area contributed by atoms with Gasteiger partial charge in [0.2, 0.25) is 5.91 Å². The summed E-state index contributed by atoms with van der Waals surface area (Å²) in [6.07, 6.45) is 1.38. The largest absolute Gasteiger partial charge is 0.378 e. The summed E-state index contributed by atoms with van der Waals surface area (Å²) in [5.74, 6) is -0.384. The molecule has 1 aliphatic rings. The number of nitrogens with zero attached hydrogens (tertiary/aromatic N) is 3. The van der Waals surface area contributed by atoms with E-state index >= 15 is 0 Å². The van der Waals surface area contributed by atoms with Gasteiger partial charge in [0.05, 0.1) is 29.8 Å². The van der Waals surface area contributed by atoms with Crippen LogP contribution in [0.2, 0.25) is 0 Å². The molecule has 9 heteroatoms. The molecule has 2 amide bonds. The number of benzene rings is 1. The second-order valence-electron chi connectivity index (χ2n) is 7.08. The van der Waals surface area contributed by atoms with Crippen LogP contribution in [0, 0.1) is 6.92 Å². The quantitative estimate of drug-likeness (QED) is 0.668. The van der Waals surface area contributed by atoms with Crippen molar-refractivity contribution in [1.82, 2.24) is 19.8 Å². The molecule has 1 N–H and O–H groups in total. The van der Waals surface area contributed by atoms with Crippen molar-refractivity contribution in [1.29, 1.82) is 0 Å². The molecular formula is C21H22N4O4S. The second-order valence-corrected chi connectivity index (χ2v) is 8.07. The van der Waals surface area contributed by atoms with Crippen LogP contribution in [-0.4, -0.2) is 52.6 Å². The number of carbonyl (C=O) groups is 2. The first-order valence-electron chi connectivity index (χ1n) is 9.71. The molecule has 0 spiro atoms. The fourth-order valence-corrected chi connectivity index (χ4v) is 4.46. The normalized spacial score (nSPS) is 14.1. The first kappa shape index (κ1) is 20.2. The van der Waals surface area contributed by atoms with Crippen LogP contribution in [0.25, 0.3) is 10.2 Å². The minimum absolute atomic E-state index is 0.0768. The number of fused-ring (bicyclic) bond motifs is 1. The first-order chi connectivity index (χ1) is 14.5. The van der Waals surface area contributed by atoms with Gasteiger partial charge in [0.1, 0.15) is 11.4 Å². The van der Waals surface area contributed by atoms with E-state index in [1.165, 1.54) is 22.2 Å². The topological polar surface area (TPSA) is 93.5 Å². The lowest BCUT2D eigenvalue weighted by Gasteiger charge is -2.26. The molecule has 2 aromatic heterocycles. The Hall–Kier alpha value is -3.04. The highest BCUT2D eigenvalue weighted by molar-refractivity contribution is 7.20. The van der Waals surface area contributed by atoms with E-state index in [1.807, 2.05) is 30.3 Å². The predicted molar refractivity (Wildman–Crippen MR) is 114 cm³/mol. The lowest BCUT2D eigenvalue weighted by Crippen LogP contribution is -2.43. The number of amides is 2. The van der Waals surface area contributed by atoms with Gasteiger partial charge in [-0.3, -0.25) is 19.0 Å². The summed E-state index contributed by atoms with van der Waals surface area (Å²) in [4.78, 5) is 45.1. The fraction of sp³-hybridized carbons (Fsp3) is 0.333. The lowest BCUT2D eigenvalue weighted by atomic mass is 10.2. The molecule has 3 aromatic rings. The average Bonchev–Trinajstić information content (AvgIpc) is 3.12. The maximum atomic E-state index is 13.0. The van der Waals surface area contributed by atoms with E-state index < -0.39 is 0 Å². The molecule has 156 valence electrons. The zero-order valence-corrected chi connectivity index (χ0v) is 17.4. The predicted octanol–water partition coefficient (Wildman–Crippen LogP) is 1.56. The summed E-state index contributed by atoms with van der Waals surface area (Å²) in [5.41, 5.74) is 1.27. The highest BCUT2D eigenvalue weighted by Crippen LogP contribution is 2.26. The Balaban J connectivity index is 1.54. The number of hydrogen-bond donors (Lipinski definition) is 1. The summed E-state index contributed by atoms with van der Waals surface area (Å²) < 4.78 is 6.57. The van der Waals surface area contributed by atoms with Crippen LogP contribution in [0.3, 0.4) is 0 Å².